The molecule has 0 atom stereocenters. The van der Waals surface area contributed by atoms with Crippen molar-refractivity contribution in [2.24, 2.45) is 0 Å². The Hall–Kier alpha value is -3.09. The molecule has 2 aromatic carbocycles. The van der Waals surface area contributed by atoms with Crippen molar-refractivity contribution in [2.75, 3.05) is 11.9 Å². The predicted molar refractivity (Wildman–Crippen MR) is 101 cm³/mol. The highest BCUT2D eigenvalue weighted by molar-refractivity contribution is 6.34. The van der Waals surface area contributed by atoms with Gasteiger partial charge in [0.2, 0.25) is 0 Å². The first-order valence-electron chi connectivity index (χ1n) is 8.70. The van der Waals surface area contributed by atoms with E-state index in [1.807, 2.05) is 5.32 Å². The van der Waals surface area contributed by atoms with E-state index in [1.54, 1.807) is 6.07 Å². The summed E-state index contributed by atoms with van der Waals surface area (Å²) in [6.07, 6.45) is -5.03. The van der Waals surface area contributed by atoms with Gasteiger partial charge in [0.25, 0.3) is 5.91 Å². The third kappa shape index (κ3) is 5.83. The standard InChI is InChI=1S/C19H13ClF8N2O3/c20-13-4-2-1-3-12(13)14(31)30-16(32)29-10-5-7-11(8-6-10)33-9-17(23,24)19(27,28)18(25,26)15(21)22/h1-8,15H,9H2,(H2,29,30,31,32). The lowest BCUT2D eigenvalue weighted by Crippen LogP contribution is -2.59. The van der Waals surface area contributed by atoms with Gasteiger partial charge in [-0.1, -0.05) is 23.7 Å². The third-order valence-electron chi connectivity index (χ3n) is 4.03. The van der Waals surface area contributed by atoms with Gasteiger partial charge in [-0.3, -0.25) is 10.1 Å². The van der Waals surface area contributed by atoms with Crippen LogP contribution < -0.4 is 15.4 Å². The number of amides is 3. The van der Waals surface area contributed by atoms with E-state index in [2.05, 4.69) is 10.1 Å². The Bertz CT molecular complexity index is 1000. The number of carbonyl (C=O) groups is 2. The normalized spacial score (nSPS) is 12.4. The van der Waals surface area contributed by atoms with Crippen LogP contribution in [-0.2, 0) is 0 Å². The van der Waals surface area contributed by atoms with E-state index in [9.17, 15) is 44.7 Å². The van der Waals surface area contributed by atoms with Crippen molar-refractivity contribution in [1.29, 1.82) is 0 Å². The largest absolute Gasteiger partial charge is 0.487 e. The molecule has 5 nitrogen and oxygen atoms in total. The molecule has 0 aliphatic heterocycles. The SMILES string of the molecule is O=C(NC(=O)c1ccccc1Cl)Nc1ccc(OCC(F)(F)C(F)(F)C(F)(F)C(F)F)cc1. The maximum absolute atomic E-state index is 13.5. The van der Waals surface area contributed by atoms with Gasteiger partial charge in [0.1, 0.15) is 5.75 Å². The van der Waals surface area contributed by atoms with Gasteiger partial charge in [-0.25, -0.2) is 13.6 Å². The molecule has 0 radical (unpaired) electrons. The van der Waals surface area contributed by atoms with Crippen LogP contribution in [0.1, 0.15) is 10.4 Å². The van der Waals surface area contributed by atoms with Crippen LogP contribution >= 0.6 is 11.6 Å². The van der Waals surface area contributed by atoms with Gasteiger partial charge in [0.15, 0.2) is 6.61 Å². The molecule has 14 heteroatoms. The maximum Gasteiger partial charge on any atom is 0.381 e. The summed E-state index contributed by atoms with van der Waals surface area (Å²) in [4.78, 5) is 23.9. The zero-order valence-corrected chi connectivity index (χ0v) is 16.8. The second-order valence-electron chi connectivity index (χ2n) is 6.40. The fraction of sp³-hybridized carbons (Fsp3) is 0.263. The first kappa shape index (κ1) is 26.2. The Morgan fingerprint density at radius 2 is 1.52 bits per heavy atom. The number of nitrogens with one attached hydrogen (secondary N) is 2. The molecule has 2 aromatic rings. The lowest BCUT2D eigenvalue weighted by atomic mass is 10.1. The first-order valence-corrected chi connectivity index (χ1v) is 9.08. The summed E-state index contributed by atoms with van der Waals surface area (Å²) < 4.78 is 108. The van der Waals surface area contributed by atoms with Crippen molar-refractivity contribution in [3.8, 4) is 5.75 Å². The van der Waals surface area contributed by atoms with Crippen molar-refractivity contribution in [3.63, 3.8) is 0 Å². The van der Waals surface area contributed by atoms with Gasteiger partial charge < -0.3 is 10.1 Å². The molecule has 0 fully saturated rings. The highest BCUT2D eigenvalue weighted by Gasteiger charge is 2.75. The molecule has 33 heavy (non-hydrogen) atoms. The van der Waals surface area contributed by atoms with Crippen LogP contribution in [0.5, 0.6) is 5.75 Å². The monoisotopic (exact) mass is 504 g/mol. The number of urea groups is 1. The van der Waals surface area contributed by atoms with Crippen LogP contribution in [0.2, 0.25) is 5.02 Å². The molecule has 0 aliphatic rings. The van der Waals surface area contributed by atoms with Gasteiger partial charge >= 0.3 is 30.2 Å². The van der Waals surface area contributed by atoms with Crippen molar-refractivity contribution >= 4 is 29.2 Å². The maximum atomic E-state index is 13.5. The average molecular weight is 505 g/mol. The number of anilines is 1. The molecular weight excluding hydrogens is 492 g/mol. The van der Waals surface area contributed by atoms with Gasteiger partial charge in [-0.05, 0) is 36.4 Å². The van der Waals surface area contributed by atoms with Crippen molar-refractivity contribution in [1.82, 2.24) is 5.32 Å². The molecule has 2 N–H and O–H groups in total. The number of ether oxygens (including phenoxy) is 1. The molecule has 2 rings (SSSR count). The van der Waals surface area contributed by atoms with E-state index in [0.29, 0.717) is 0 Å². The van der Waals surface area contributed by atoms with E-state index >= 15 is 0 Å². The van der Waals surface area contributed by atoms with Crippen LogP contribution in [0.15, 0.2) is 48.5 Å². The molecule has 0 saturated heterocycles. The fourth-order valence-electron chi connectivity index (χ4n) is 2.26. The van der Waals surface area contributed by atoms with Crippen LogP contribution in [0.25, 0.3) is 0 Å². The van der Waals surface area contributed by atoms with Gasteiger partial charge in [-0.2, -0.15) is 26.3 Å². The number of hydrogen-bond donors (Lipinski definition) is 2. The fourth-order valence-corrected chi connectivity index (χ4v) is 2.48. The third-order valence-corrected chi connectivity index (χ3v) is 4.36. The average Bonchev–Trinajstić information content (AvgIpc) is 2.73. The lowest BCUT2D eigenvalue weighted by molar-refractivity contribution is -0.342. The predicted octanol–water partition coefficient (Wildman–Crippen LogP) is 5.85. The van der Waals surface area contributed by atoms with Gasteiger partial charge in [-0.15, -0.1) is 0 Å². The minimum atomic E-state index is -6.39. The number of halogens is 9. The molecule has 0 bridgehead atoms. The van der Waals surface area contributed by atoms with E-state index in [4.69, 9.17) is 11.6 Å². The molecule has 0 heterocycles. The van der Waals surface area contributed by atoms with Gasteiger partial charge in [0, 0.05) is 5.69 Å². The van der Waals surface area contributed by atoms with Crippen molar-refractivity contribution < 1.29 is 49.4 Å². The Morgan fingerprint density at radius 3 is 2.06 bits per heavy atom. The summed E-state index contributed by atoms with van der Waals surface area (Å²) in [7, 11) is 0. The van der Waals surface area contributed by atoms with Crippen LogP contribution in [0.4, 0.5) is 45.6 Å². The van der Waals surface area contributed by atoms with E-state index in [0.717, 1.165) is 24.3 Å². The van der Waals surface area contributed by atoms with Gasteiger partial charge in [0.05, 0.1) is 10.6 Å². The van der Waals surface area contributed by atoms with Crippen LogP contribution in [0.3, 0.4) is 0 Å². The molecular formula is C19H13ClF8N2O3. The topological polar surface area (TPSA) is 67.4 Å². The molecule has 0 aromatic heterocycles. The number of alkyl halides is 8. The Balaban J connectivity index is 1.97. The summed E-state index contributed by atoms with van der Waals surface area (Å²) in [5, 5.41) is 4.25. The molecule has 0 saturated carbocycles. The summed E-state index contributed by atoms with van der Waals surface area (Å²) in [5.74, 6) is -19.7. The molecule has 0 aliphatic carbocycles. The number of carbonyl (C=O) groups excluding carboxylic acids is 2. The molecule has 3 amide bonds. The Morgan fingerprint density at radius 1 is 0.939 bits per heavy atom. The minimum absolute atomic E-state index is 0.00636. The smallest absolute Gasteiger partial charge is 0.381 e. The highest BCUT2D eigenvalue weighted by atomic mass is 35.5. The number of benzene rings is 2. The summed E-state index contributed by atoms with van der Waals surface area (Å²) in [5.41, 5.74) is 0.00125. The summed E-state index contributed by atoms with van der Waals surface area (Å²) in [6, 6.07) is 8.70. The molecule has 0 unspecified atom stereocenters. The second kappa shape index (κ2) is 9.81. The first-order chi connectivity index (χ1) is 15.2. The lowest BCUT2D eigenvalue weighted by Gasteiger charge is -2.32. The number of imide groups is 1. The second-order valence-corrected chi connectivity index (χ2v) is 6.81. The van der Waals surface area contributed by atoms with Crippen molar-refractivity contribution in [2.45, 2.75) is 24.2 Å². The van der Waals surface area contributed by atoms with E-state index in [1.165, 1.54) is 18.2 Å². The zero-order chi connectivity index (χ0) is 25.0. The highest BCUT2D eigenvalue weighted by Crippen LogP contribution is 2.48. The van der Waals surface area contributed by atoms with E-state index in [-0.39, 0.29) is 16.3 Å². The Labute approximate surface area is 185 Å². The van der Waals surface area contributed by atoms with E-state index < -0.39 is 48.5 Å². The number of rotatable bonds is 8. The minimum Gasteiger partial charge on any atom is -0.487 e. The van der Waals surface area contributed by atoms with Crippen LogP contribution in [-0.4, -0.2) is 42.7 Å². The number of hydrogen-bond acceptors (Lipinski definition) is 3. The quantitative estimate of drug-likeness (QED) is 0.443. The Kier molecular flexibility index (Phi) is 7.78. The summed E-state index contributed by atoms with van der Waals surface area (Å²) in [6.45, 7) is -2.33. The van der Waals surface area contributed by atoms with Crippen molar-refractivity contribution in [3.05, 3.63) is 59.1 Å². The zero-order valence-electron chi connectivity index (χ0n) is 16.0. The molecule has 0 spiro atoms. The molecule has 180 valence electrons. The van der Waals surface area contributed by atoms with Crippen LogP contribution in [0, 0.1) is 0 Å². The summed E-state index contributed by atoms with van der Waals surface area (Å²) >= 11 is 5.82.